The number of anilines is 1. The molecule has 0 saturated heterocycles. The van der Waals surface area contributed by atoms with Gasteiger partial charge in [0.25, 0.3) is 0 Å². The van der Waals surface area contributed by atoms with Crippen LogP contribution < -0.4 is 10.3 Å². The molecule has 0 amide bonds. The Kier molecular flexibility index (Phi) is 8.66. The van der Waals surface area contributed by atoms with Crippen molar-refractivity contribution in [3.05, 3.63) is 120 Å². The zero-order chi connectivity index (χ0) is 31.4. The minimum absolute atomic E-state index is 0.156. The van der Waals surface area contributed by atoms with E-state index in [1.165, 1.54) is 21.6 Å². The van der Waals surface area contributed by atoms with Crippen LogP contribution in [0.5, 0.6) is 0 Å². The van der Waals surface area contributed by atoms with Gasteiger partial charge in [0.05, 0.1) is 20.1 Å². The first kappa shape index (κ1) is 30.9. The number of aromatic nitrogens is 3. The van der Waals surface area contributed by atoms with Crippen LogP contribution >= 0.6 is 81.3 Å². The van der Waals surface area contributed by atoms with Gasteiger partial charge in [0, 0.05) is 41.6 Å². The summed E-state index contributed by atoms with van der Waals surface area (Å²) in [4.78, 5) is 6.10. The molecule has 1 unspecified atom stereocenters. The molecule has 2 aromatic heterocycles. The summed E-state index contributed by atoms with van der Waals surface area (Å²) in [5, 5.41) is 19.3. The van der Waals surface area contributed by atoms with Crippen molar-refractivity contribution in [1.29, 1.82) is 0 Å². The number of thioether (sulfide) groups is 2. The predicted molar refractivity (Wildman–Crippen MR) is 193 cm³/mol. The highest BCUT2D eigenvalue weighted by Crippen LogP contribution is 2.49. The Bertz CT molecular complexity index is 1980. The minimum Gasteiger partial charge on any atom is -0.294 e. The summed E-state index contributed by atoms with van der Waals surface area (Å²) < 4.78 is 2.21. The quantitative estimate of drug-likeness (QED) is 0.167. The van der Waals surface area contributed by atoms with Crippen molar-refractivity contribution in [2.24, 2.45) is 5.10 Å². The molecule has 0 fully saturated rings. The fraction of sp³-hybridized carbons (Fsp3) is 0.219. The molecule has 7 nitrogen and oxygen atoms in total. The average molecular weight is 746 g/mol. The molecule has 1 atom stereocenters. The topological polar surface area (TPSA) is 61.6 Å². The summed E-state index contributed by atoms with van der Waals surface area (Å²) in [6.07, 6.45) is 0.811. The van der Waals surface area contributed by atoms with Crippen LogP contribution in [-0.2, 0) is 31.0 Å². The van der Waals surface area contributed by atoms with E-state index in [2.05, 4.69) is 50.1 Å². The van der Waals surface area contributed by atoms with Gasteiger partial charge >= 0.3 is 0 Å². The number of hydrogen-bond donors (Lipinski definition) is 1. The van der Waals surface area contributed by atoms with Gasteiger partial charge in [-0.3, -0.25) is 15.2 Å². The molecule has 0 saturated carbocycles. The zero-order valence-corrected chi connectivity index (χ0v) is 29.6. The van der Waals surface area contributed by atoms with E-state index in [4.69, 9.17) is 61.7 Å². The number of halogens is 4. The van der Waals surface area contributed by atoms with Gasteiger partial charge in [0.2, 0.25) is 5.95 Å². The SMILES string of the molecule is Clc1ccc(CSC2=NNC3c4c(sc5c4CCN(Cc4ccccc4)C5)-n4c(SCc5ccc(Cl)c(Cl)c5)nnc4N23)cc1Cl. The Hall–Kier alpha value is -2.41. The summed E-state index contributed by atoms with van der Waals surface area (Å²) in [6, 6.07) is 22.1. The number of fused-ring (bicyclic) bond motifs is 8. The predicted octanol–water partition coefficient (Wildman–Crippen LogP) is 9.42. The zero-order valence-electron chi connectivity index (χ0n) is 24.1. The van der Waals surface area contributed by atoms with Crippen molar-refractivity contribution in [2.45, 2.75) is 42.3 Å². The van der Waals surface area contributed by atoms with Crippen molar-refractivity contribution in [3.8, 4) is 5.00 Å². The van der Waals surface area contributed by atoms with Gasteiger partial charge in [-0.25, -0.2) is 4.57 Å². The third-order valence-electron chi connectivity index (χ3n) is 8.17. The fourth-order valence-electron chi connectivity index (χ4n) is 5.97. The van der Waals surface area contributed by atoms with Gasteiger partial charge in [-0.2, -0.15) is 5.10 Å². The molecular weight excluding hydrogens is 720 g/mol. The van der Waals surface area contributed by atoms with E-state index < -0.39 is 0 Å². The van der Waals surface area contributed by atoms with Gasteiger partial charge in [0.15, 0.2) is 16.5 Å². The van der Waals surface area contributed by atoms with E-state index in [-0.39, 0.29) is 6.17 Å². The Balaban J connectivity index is 1.13. The highest BCUT2D eigenvalue weighted by molar-refractivity contribution is 8.13. The lowest BCUT2D eigenvalue weighted by molar-refractivity contribution is 0.248. The van der Waals surface area contributed by atoms with E-state index in [9.17, 15) is 0 Å². The number of thiophene rings is 1. The molecule has 0 bridgehead atoms. The molecular formula is C32H25Cl4N7S3. The molecule has 5 aromatic rings. The van der Waals surface area contributed by atoms with E-state index in [1.54, 1.807) is 23.5 Å². The van der Waals surface area contributed by atoms with Crippen LogP contribution in [0.15, 0.2) is 77.0 Å². The first-order chi connectivity index (χ1) is 22.4. The highest BCUT2D eigenvalue weighted by Gasteiger charge is 2.44. The Labute approximate surface area is 298 Å². The summed E-state index contributed by atoms with van der Waals surface area (Å²) >= 11 is 30.1. The summed E-state index contributed by atoms with van der Waals surface area (Å²) in [5.41, 5.74) is 9.57. The lowest BCUT2D eigenvalue weighted by Crippen LogP contribution is -2.38. The summed E-state index contributed by atoms with van der Waals surface area (Å²) in [5.74, 6) is 2.10. The lowest BCUT2D eigenvalue weighted by atomic mass is 9.99. The van der Waals surface area contributed by atoms with Crippen molar-refractivity contribution in [2.75, 3.05) is 11.4 Å². The molecule has 3 aliphatic heterocycles. The van der Waals surface area contributed by atoms with Crippen molar-refractivity contribution in [1.82, 2.24) is 25.1 Å². The van der Waals surface area contributed by atoms with Crippen LogP contribution in [0.2, 0.25) is 20.1 Å². The standard InChI is InChI=1S/C32H25Cl4N7S3/c33-22-8-6-19(12-24(22)35)16-44-31-39-37-28-27-21-10-11-41(14-18-4-2-1-3-5-18)15-26(21)46-29(27)43-30(42(28)31)38-40-32(43)45-17-20-7-9-23(34)25(36)13-20/h1-9,12-13,28,37H,10-11,14-17H2. The van der Waals surface area contributed by atoms with Gasteiger partial charge in [-0.1, -0.05) is 112 Å². The maximum atomic E-state index is 6.33. The maximum Gasteiger partial charge on any atom is 0.241 e. The fourth-order valence-corrected chi connectivity index (χ4v) is 9.88. The smallest absolute Gasteiger partial charge is 0.241 e. The summed E-state index contributed by atoms with van der Waals surface area (Å²) in [7, 11) is 0. The second kappa shape index (κ2) is 12.9. The molecule has 234 valence electrons. The number of benzene rings is 3. The molecule has 0 radical (unpaired) electrons. The number of hydrazone groups is 1. The second-order valence-electron chi connectivity index (χ2n) is 11.2. The Morgan fingerprint density at radius 3 is 2.26 bits per heavy atom. The van der Waals surface area contributed by atoms with E-state index in [0.717, 1.165) is 58.5 Å². The van der Waals surface area contributed by atoms with Crippen LogP contribution in [0.1, 0.15) is 38.9 Å². The molecule has 8 rings (SSSR count). The van der Waals surface area contributed by atoms with Crippen LogP contribution in [-0.4, -0.2) is 31.4 Å². The van der Waals surface area contributed by atoms with Gasteiger partial charge < -0.3 is 0 Å². The van der Waals surface area contributed by atoms with Crippen LogP contribution in [0, 0.1) is 0 Å². The first-order valence-corrected chi connectivity index (χ1v) is 18.9. The number of nitrogens with zero attached hydrogens (tertiary/aromatic N) is 6. The molecule has 3 aliphatic rings. The van der Waals surface area contributed by atoms with Gasteiger partial charge in [0.1, 0.15) is 5.00 Å². The first-order valence-electron chi connectivity index (χ1n) is 14.6. The summed E-state index contributed by atoms with van der Waals surface area (Å²) in [6.45, 7) is 2.82. The molecule has 3 aromatic carbocycles. The van der Waals surface area contributed by atoms with E-state index in [1.807, 2.05) is 47.7 Å². The average Bonchev–Trinajstić information content (AvgIpc) is 3.77. The number of hydrogen-bond acceptors (Lipinski definition) is 9. The molecule has 0 aliphatic carbocycles. The molecule has 5 heterocycles. The second-order valence-corrected chi connectivity index (χ2v) is 15.8. The molecule has 1 N–H and O–H groups in total. The van der Waals surface area contributed by atoms with Crippen LogP contribution in [0.3, 0.4) is 0 Å². The molecule has 0 spiro atoms. The highest BCUT2D eigenvalue weighted by atomic mass is 35.5. The van der Waals surface area contributed by atoms with Crippen molar-refractivity contribution in [3.63, 3.8) is 0 Å². The monoisotopic (exact) mass is 743 g/mol. The number of amidine groups is 1. The largest absolute Gasteiger partial charge is 0.294 e. The lowest BCUT2D eigenvalue weighted by Gasteiger charge is -2.33. The Morgan fingerprint density at radius 2 is 1.54 bits per heavy atom. The van der Waals surface area contributed by atoms with Crippen molar-refractivity contribution >= 4 is 92.4 Å². The van der Waals surface area contributed by atoms with E-state index >= 15 is 0 Å². The van der Waals surface area contributed by atoms with Crippen molar-refractivity contribution < 1.29 is 0 Å². The number of rotatable bonds is 7. The van der Waals surface area contributed by atoms with Gasteiger partial charge in [-0.15, -0.1) is 21.5 Å². The van der Waals surface area contributed by atoms with E-state index in [0.29, 0.717) is 31.6 Å². The normalized spacial score (nSPS) is 16.8. The number of nitrogens with one attached hydrogen (secondary N) is 1. The van der Waals surface area contributed by atoms with Crippen LogP contribution in [0.25, 0.3) is 5.00 Å². The van der Waals surface area contributed by atoms with Crippen LogP contribution in [0.4, 0.5) is 5.95 Å². The third-order valence-corrected chi connectivity index (χ3v) is 12.9. The maximum absolute atomic E-state index is 6.33. The molecule has 46 heavy (non-hydrogen) atoms. The third kappa shape index (κ3) is 5.81. The van der Waals surface area contributed by atoms with Gasteiger partial charge in [-0.05, 0) is 52.9 Å². The minimum atomic E-state index is -0.156. The molecule has 14 heteroatoms. The Morgan fingerprint density at radius 1 is 0.826 bits per heavy atom.